The van der Waals surface area contributed by atoms with Crippen LogP contribution in [0.3, 0.4) is 0 Å². The number of hydrogen-bond donors (Lipinski definition) is 1. The van der Waals surface area contributed by atoms with Crippen molar-refractivity contribution < 1.29 is 4.79 Å². The summed E-state index contributed by atoms with van der Waals surface area (Å²) in [6.45, 7) is 0. The minimum atomic E-state index is -0.305. The van der Waals surface area contributed by atoms with Gasteiger partial charge < -0.3 is 0 Å². The molecule has 0 spiro atoms. The van der Waals surface area contributed by atoms with Gasteiger partial charge in [-0.15, -0.1) is 0 Å². The standard InChI is InChI=1S/C5H4N2O2/c8-3-4-1-2-5(9)7-6-4/h1-3H,(H,7,9). The Kier molecular flexibility index (Phi) is 1.40. The number of H-pyrrole nitrogens is 1. The third kappa shape index (κ3) is 1.22. The summed E-state index contributed by atoms with van der Waals surface area (Å²) in [5.74, 6) is 0. The smallest absolute Gasteiger partial charge is 0.264 e. The summed E-state index contributed by atoms with van der Waals surface area (Å²) in [6, 6.07) is 2.60. The number of aromatic amines is 1. The van der Waals surface area contributed by atoms with Crippen LogP contribution in [0.2, 0.25) is 0 Å². The molecule has 1 heterocycles. The van der Waals surface area contributed by atoms with E-state index in [-0.39, 0.29) is 11.3 Å². The topological polar surface area (TPSA) is 62.8 Å². The minimum Gasteiger partial charge on any atom is -0.296 e. The van der Waals surface area contributed by atoms with Crippen LogP contribution in [0.15, 0.2) is 16.9 Å². The SMILES string of the molecule is O=Cc1ccc(=O)[nH]n1. The summed E-state index contributed by atoms with van der Waals surface area (Å²) in [5.41, 5.74) is -0.0739. The highest BCUT2D eigenvalue weighted by molar-refractivity contribution is 5.70. The molecule has 1 aromatic heterocycles. The van der Waals surface area contributed by atoms with Gasteiger partial charge in [-0.2, -0.15) is 5.10 Å². The Morgan fingerprint density at radius 3 is 2.78 bits per heavy atom. The molecule has 1 rings (SSSR count). The maximum Gasteiger partial charge on any atom is 0.264 e. The molecule has 4 nitrogen and oxygen atoms in total. The lowest BCUT2D eigenvalue weighted by molar-refractivity contribution is 0.111. The molecule has 9 heavy (non-hydrogen) atoms. The summed E-state index contributed by atoms with van der Waals surface area (Å²) < 4.78 is 0. The van der Waals surface area contributed by atoms with Gasteiger partial charge in [0.15, 0.2) is 6.29 Å². The largest absolute Gasteiger partial charge is 0.296 e. The Balaban J connectivity index is 3.16. The minimum absolute atomic E-state index is 0.231. The fourth-order valence-corrected chi connectivity index (χ4v) is 0.421. The second-order valence-corrected chi connectivity index (χ2v) is 1.46. The van der Waals surface area contributed by atoms with Gasteiger partial charge in [0.2, 0.25) is 0 Å². The molecule has 1 aromatic rings. The van der Waals surface area contributed by atoms with E-state index in [0.29, 0.717) is 6.29 Å². The summed E-state index contributed by atoms with van der Waals surface area (Å²) >= 11 is 0. The fraction of sp³-hybridized carbons (Fsp3) is 0. The van der Waals surface area contributed by atoms with Crippen LogP contribution in [0.5, 0.6) is 0 Å². The van der Waals surface area contributed by atoms with Crippen LogP contribution in [0.25, 0.3) is 0 Å². The number of carbonyl (C=O) groups excluding carboxylic acids is 1. The Hall–Kier alpha value is -1.45. The predicted octanol–water partition coefficient (Wildman–Crippen LogP) is -0.418. The van der Waals surface area contributed by atoms with Crippen molar-refractivity contribution in [2.75, 3.05) is 0 Å². The molecule has 0 saturated carbocycles. The van der Waals surface area contributed by atoms with Crippen LogP contribution in [0.4, 0.5) is 0 Å². The summed E-state index contributed by atoms with van der Waals surface area (Å²) in [4.78, 5) is 20.2. The summed E-state index contributed by atoms with van der Waals surface area (Å²) in [6.07, 6.45) is 0.565. The quantitative estimate of drug-likeness (QED) is 0.517. The number of aldehydes is 1. The van der Waals surface area contributed by atoms with Gasteiger partial charge in [-0.1, -0.05) is 0 Å². The first-order chi connectivity index (χ1) is 4.33. The molecule has 46 valence electrons. The van der Waals surface area contributed by atoms with E-state index in [2.05, 4.69) is 10.2 Å². The molecular weight excluding hydrogens is 120 g/mol. The van der Waals surface area contributed by atoms with Crippen molar-refractivity contribution in [3.05, 3.63) is 28.2 Å². The lowest BCUT2D eigenvalue weighted by Crippen LogP contribution is -2.06. The van der Waals surface area contributed by atoms with Crippen molar-refractivity contribution in [2.45, 2.75) is 0 Å². The van der Waals surface area contributed by atoms with Crippen LogP contribution >= 0.6 is 0 Å². The molecule has 0 radical (unpaired) electrons. The maximum absolute atomic E-state index is 10.3. The predicted molar refractivity (Wildman–Crippen MR) is 30.2 cm³/mol. The van der Waals surface area contributed by atoms with Gasteiger partial charge in [0.25, 0.3) is 5.56 Å². The first kappa shape index (κ1) is 5.68. The van der Waals surface area contributed by atoms with Gasteiger partial charge >= 0.3 is 0 Å². The molecule has 0 amide bonds. The Bertz CT molecular complexity index is 245. The average Bonchev–Trinajstić information content (AvgIpc) is 1.90. The third-order valence-electron chi connectivity index (χ3n) is 0.821. The summed E-state index contributed by atoms with van der Waals surface area (Å²) in [7, 11) is 0. The molecule has 0 atom stereocenters. The van der Waals surface area contributed by atoms with Gasteiger partial charge in [-0.3, -0.25) is 9.59 Å². The van der Waals surface area contributed by atoms with E-state index in [4.69, 9.17) is 0 Å². The van der Waals surface area contributed by atoms with Crippen molar-refractivity contribution in [1.29, 1.82) is 0 Å². The van der Waals surface area contributed by atoms with Gasteiger partial charge in [-0.05, 0) is 6.07 Å². The zero-order chi connectivity index (χ0) is 6.69. The molecule has 0 bridgehead atoms. The highest BCUT2D eigenvalue weighted by atomic mass is 16.1. The third-order valence-corrected chi connectivity index (χ3v) is 0.821. The van der Waals surface area contributed by atoms with Crippen LogP contribution in [-0.4, -0.2) is 16.5 Å². The number of nitrogens with zero attached hydrogens (tertiary/aromatic N) is 1. The lowest BCUT2D eigenvalue weighted by Gasteiger charge is -1.82. The van der Waals surface area contributed by atoms with E-state index >= 15 is 0 Å². The normalized spacial score (nSPS) is 8.89. The number of aromatic nitrogens is 2. The Morgan fingerprint density at radius 2 is 2.33 bits per heavy atom. The number of hydrogen-bond acceptors (Lipinski definition) is 3. The molecule has 4 heteroatoms. The van der Waals surface area contributed by atoms with Crippen LogP contribution in [0.1, 0.15) is 10.5 Å². The van der Waals surface area contributed by atoms with Crippen molar-refractivity contribution in [3.63, 3.8) is 0 Å². The van der Waals surface area contributed by atoms with Crippen molar-refractivity contribution >= 4 is 6.29 Å². The molecule has 1 N–H and O–H groups in total. The van der Waals surface area contributed by atoms with E-state index in [1.54, 1.807) is 0 Å². The molecule has 0 aliphatic carbocycles. The monoisotopic (exact) mass is 124 g/mol. The molecule has 0 saturated heterocycles. The molecule has 0 aliphatic rings. The van der Waals surface area contributed by atoms with Crippen LogP contribution in [0, 0.1) is 0 Å². The van der Waals surface area contributed by atoms with E-state index in [9.17, 15) is 9.59 Å². The van der Waals surface area contributed by atoms with Crippen molar-refractivity contribution in [1.82, 2.24) is 10.2 Å². The van der Waals surface area contributed by atoms with E-state index in [1.165, 1.54) is 12.1 Å². The average molecular weight is 124 g/mol. The summed E-state index contributed by atoms with van der Waals surface area (Å²) in [5, 5.41) is 5.51. The highest BCUT2D eigenvalue weighted by Gasteiger charge is 1.86. The fourth-order valence-electron chi connectivity index (χ4n) is 0.421. The number of rotatable bonds is 1. The second-order valence-electron chi connectivity index (χ2n) is 1.46. The first-order valence-electron chi connectivity index (χ1n) is 2.34. The van der Waals surface area contributed by atoms with Crippen molar-refractivity contribution in [3.8, 4) is 0 Å². The Labute approximate surface area is 50.5 Å². The Morgan fingerprint density at radius 1 is 1.56 bits per heavy atom. The molecule has 0 fully saturated rings. The molecule has 0 aliphatic heterocycles. The second kappa shape index (κ2) is 2.21. The number of nitrogens with one attached hydrogen (secondary N) is 1. The van der Waals surface area contributed by atoms with Crippen LogP contribution in [-0.2, 0) is 0 Å². The van der Waals surface area contributed by atoms with Crippen LogP contribution < -0.4 is 5.56 Å². The van der Waals surface area contributed by atoms with E-state index in [0.717, 1.165) is 0 Å². The zero-order valence-corrected chi connectivity index (χ0v) is 4.50. The van der Waals surface area contributed by atoms with Gasteiger partial charge in [0, 0.05) is 6.07 Å². The van der Waals surface area contributed by atoms with E-state index < -0.39 is 0 Å². The zero-order valence-electron chi connectivity index (χ0n) is 4.50. The van der Waals surface area contributed by atoms with Gasteiger partial charge in [-0.25, -0.2) is 5.10 Å². The van der Waals surface area contributed by atoms with Crippen molar-refractivity contribution in [2.24, 2.45) is 0 Å². The molecular formula is C5H4N2O2. The highest BCUT2D eigenvalue weighted by Crippen LogP contribution is 1.78. The molecule has 0 aromatic carbocycles. The number of carbonyl (C=O) groups is 1. The lowest BCUT2D eigenvalue weighted by atomic mass is 10.4. The first-order valence-corrected chi connectivity index (χ1v) is 2.34. The molecule has 0 unspecified atom stereocenters. The maximum atomic E-state index is 10.3. The van der Waals surface area contributed by atoms with Gasteiger partial charge in [0.1, 0.15) is 5.69 Å². The van der Waals surface area contributed by atoms with E-state index in [1.807, 2.05) is 0 Å². The van der Waals surface area contributed by atoms with Gasteiger partial charge in [0.05, 0.1) is 0 Å².